The third-order valence-corrected chi connectivity index (χ3v) is 3.80. The van der Waals surface area contributed by atoms with E-state index in [0.717, 1.165) is 24.7 Å². The lowest BCUT2D eigenvalue weighted by Gasteiger charge is -2.24. The first-order chi connectivity index (χ1) is 7.74. The summed E-state index contributed by atoms with van der Waals surface area (Å²) in [7, 11) is 2.00. The third kappa shape index (κ3) is 2.24. The van der Waals surface area contributed by atoms with E-state index in [1.165, 1.54) is 11.1 Å². The Hall–Kier alpha value is -0.570. The topological polar surface area (TPSA) is 21.3 Å². The van der Waals surface area contributed by atoms with E-state index in [0.29, 0.717) is 12.0 Å². The molecule has 0 aromatic heterocycles. The zero-order valence-electron chi connectivity index (χ0n) is 9.79. The molecule has 2 unspecified atom stereocenters. The lowest BCUT2D eigenvalue weighted by Crippen LogP contribution is -2.26. The Balaban J connectivity index is 2.28. The van der Waals surface area contributed by atoms with Crippen LogP contribution in [-0.4, -0.2) is 20.3 Å². The van der Waals surface area contributed by atoms with Crippen molar-refractivity contribution in [3.8, 4) is 0 Å². The summed E-state index contributed by atoms with van der Waals surface area (Å²) in [5, 5.41) is 4.23. The fourth-order valence-corrected chi connectivity index (χ4v) is 2.60. The number of hydrogen-bond acceptors (Lipinski definition) is 2. The molecule has 1 aliphatic rings. The second kappa shape index (κ2) is 5.17. The fourth-order valence-electron chi connectivity index (χ4n) is 2.42. The molecular formula is C13H18ClNO. The highest BCUT2D eigenvalue weighted by Crippen LogP contribution is 2.32. The maximum Gasteiger partial charge on any atom is 0.0513 e. The minimum Gasteiger partial charge on any atom is -0.381 e. The van der Waals surface area contributed by atoms with Crippen LogP contribution in [0.1, 0.15) is 23.6 Å². The monoisotopic (exact) mass is 239 g/mol. The highest BCUT2D eigenvalue weighted by molar-refractivity contribution is 6.31. The molecule has 0 bridgehead atoms. The molecule has 2 rings (SSSR count). The Morgan fingerprint density at radius 1 is 1.50 bits per heavy atom. The second-order valence-corrected chi connectivity index (χ2v) is 4.75. The zero-order chi connectivity index (χ0) is 11.5. The number of ether oxygens (including phenoxy) is 1. The highest BCUT2D eigenvalue weighted by atomic mass is 35.5. The van der Waals surface area contributed by atoms with E-state index in [1.54, 1.807) is 0 Å². The molecule has 2 nitrogen and oxygen atoms in total. The normalized spacial score (nSPS) is 22.3. The highest BCUT2D eigenvalue weighted by Gasteiger charge is 2.27. The van der Waals surface area contributed by atoms with Crippen LogP contribution in [-0.2, 0) is 4.74 Å². The predicted molar refractivity (Wildman–Crippen MR) is 66.9 cm³/mol. The molecule has 1 aliphatic heterocycles. The van der Waals surface area contributed by atoms with Gasteiger partial charge in [-0.05, 0) is 37.6 Å². The van der Waals surface area contributed by atoms with E-state index in [9.17, 15) is 0 Å². The van der Waals surface area contributed by atoms with Crippen molar-refractivity contribution in [1.82, 2.24) is 5.32 Å². The Morgan fingerprint density at radius 3 is 2.94 bits per heavy atom. The van der Waals surface area contributed by atoms with Crippen LogP contribution in [0, 0.1) is 12.8 Å². The minimum absolute atomic E-state index is 0.348. The lowest BCUT2D eigenvalue weighted by molar-refractivity contribution is 0.177. The Labute approximate surface area is 102 Å². The van der Waals surface area contributed by atoms with Crippen molar-refractivity contribution in [3.05, 3.63) is 34.3 Å². The maximum absolute atomic E-state index is 6.16. The third-order valence-electron chi connectivity index (χ3n) is 3.39. The molecule has 1 aromatic rings. The van der Waals surface area contributed by atoms with Crippen molar-refractivity contribution < 1.29 is 4.74 Å². The van der Waals surface area contributed by atoms with Gasteiger partial charge in [-0.3, -0.25) is 0 Å². The van der Waals surface area contributed by atoms with Crippen molar-refractivity contribution >= 4 is 11.6 Å². The standard InChI is InChI=1S/C13H18ClNO/c1-9-11(4-3-5-12(9)14)13(15-2)10-6-7-16-8-10/h3-5,10,13,15H,6-8H2,1-2H3. The number of rotatable bonds is 3. The van der Waals surface area contributed by atoms with Gasteiger partial charge in [0.1, 0.15) is 0 Å². The maximum atomic E-state index is 6.16. The van der Waals surface area contributed by atoms with Crippen molar-refractivity contribution in [2.75, 3.05) is 20.3 Å². The summed E-state index contributed by atoms with van der Waals surface area (Å²) in [5.74, 6) is 0.558. The Morgan fingerprint density at radius 2 is 2.31 bits per heavy atom. The fraction of sp³-hybridized carbons (Fsp3) is 0.538. The van der Waals surface area contributed by atoms with Crippen LogP contribution in [0.25, 0.3) is 0 Å². The molecule has 2 atom stereocenters. The average molecular weight is 240 g/mol. The summed E-state index contributed by atoms with van der Waals surface area (Å²) in [5.41, 5.74) is 2.47. The van der Waals surface area contributed by atoms with Crippen molar-refractivity contribution in [2.24, 2.45) is 5.92 Å². The summed E-state index contributed by atoms with van der Waals surface area (Å²) in [6, 6.07) is 6.46. The van der Waals surface area contributed by atoms with E-state index >= 15 is 0 Å². The quantitative estimate of drug-likeness (QED) is 0.876. The molecule has 88 valence electrons. The van der Waals surface area contributed by atoms with E-state index < -0.39 is 0 Å². The van der Waals surface area contributed by atoms with Gasteiger partial charge in [-0.1, -0.05) is 23.7 Å². The summed E-state index contributed by atoms with van der Waals surface area (Å²) in [4.78, 5) is 0. The van der Waals surface area contributed by atoms with Crippen LogP contribution in [0.15, 0.2) is 18.2 Å². The Bertz CT molecular complexity index is 361. The lowest BCUT2D eigenvalue weighted by atomic mass is 9.90. The van der Waals surface area contributed by atoms with Crippen LogP contribution >= 0.6 is 11.6 Å². The number of halogens is 1. The van der Waals surface area contributed by atoms with Crippen LogP contribution in [0.5, 0.6) is 0 Å². The minimum atomic E-state index is 0.348. The first-order valence-corrected chi connectivity index (χ1v) is 6.12. The molecule has 1 aromatic carbocycles. The molecule has 0 amide bonds. The molecule has 0 aliphatic carbocycles. The van der Waals surface area contributed by atoms with Gasteiger partial charge in [-0.2, -0.15) is 0 Å². The first kappa shape index (κ1) is 11.9. The Kier molecular flexibility index (Phi) is 3.85. The van der Waals surface area contributed by atoms with Gasteiger partial charge in [0, 0.05) is 23.6 Å². The van der Waals surface area contributed by atoms with Gasteiger partial charge in [0.2, 0.25) is 0 Å². The molecule has 3 heteroatoms. The number of nitrogens with one attached hydrogen (secondary N) is 1. The van der Waals surface area contributed by atoms with E-state index in [2.05, 4.69) is 18.3 Å². The molecule has 1 N–H and O–H groups in total. The van der Waals surface area contributed by atoms with Crippen molar-refractivity contribution in [2.45, 2.75) is 19.4 Å². The van der Waals surface area contributed by atoms with Crippen LogP contribution < -0.4 is 5.32 Å². The first-order valence-electron chi connectivity index (χ1n) is 5.74. The van der Waals surface area contributed by atoms with Gasteiger partial charge in [-0.25, -0.2) is 0 Å². The van der Waals surface area contributed by atoms with Crippen LogP contribution in [0.3, 0.4) is 0 Å². The predicted octanol–water partition coefficient (Wildman–Crippen LogP) is 2.95. The van der Waals surface area contributed by atoms with Gasteiger partial charge >= 0.3 is 0 Å². The molecule has 0 spiro atoms. The van der Waals surface area contributed by atoms with Crippen LogP contribution in [0.2, 0.25) is 5.02 Å². The molecule has 1 saturated heterocycles. The number of benzene rings is 1. The molecule has 1 fully saturated rings. The van der Waals surface area contributed by atoms with E-state index in [-0.39, 0.29) is 0 Å². The average Bonchev–Trinajstić information content (AvgIpc) is 2.79. The van der Waals surface area contributed by atoms with Gasteiger partial charge in [0.15, 0.2) is 0 Å². The van der Waals surface area contributed by atoms with Gasteiger partial charge in [0.25, 0.3) is 0 Å². The van der Waals surface area contributed by atoms with Crippen molar-refractivity contribution in [3.63, 3.8) is 0 Å². The number of hydrogen-bond donors (Lipinski definition) is 1. The molecule has 1 heterocycles. The summed E-state index contributed by atoms with van der Waals surface area (Å²) >= 11 is 6.16. The molecular weight excluding hydrogens is 222 g/mol. The smallest absolute Gasteiger partial charge is 0.0513 e. The van der Waals surface area contributed by atoms with Crippen LogP contribution in [0.4, 0.5) is 0 Å². The van der Waals surface area contributed by atoms with Gasteiger partial charge in [0.05, 0.1) is 6.61 Å². The zero-order valence-corrected chi connectivity index (χ0v) is 10.6. The largest absolute Gasteiger partial charge is 0.381 e. The molecule has 0 saturated carbocycles. The van der Waals surface area contributed by atoms with E-state index in [4.69, 9.17) is 16.3 Å². The molecule has 0 radical (unpaired) electrons. The van der Waals surface area contributed by atoms with E-state index in [1.807, 2.05) is 19.2 Å². The summed E-state index contributed by atoms with van der Waals surface area (Å²) < 4.78 is 5.46. The van der Waals surface area contributed by atoms with Crippen molar-refractivity contribution in [1.29, 1.82) is 0 Å². The van der Waals surface area contributed by atoms with Gasteiger partial charge in [-0.15, -0.1) is 0 Å². The SMILES string of the molecule is CNC(c1cccc(Cl)c1C)C1CCOC1. The second-order valence-electron chi connectivity index (χ2n) is 4.34. The van der Waals surface area contributed by atoms with Gasteiger partial charge < -0.3 is 10.1 Å². The summed E-state index contributed by atoms with van der Waals surface area (Å²) in [6.45, 7) is 3.80. The summed E-state index contributed by atoms with van der Waals surface area (Å²) in [6.07, 6.45) is 1.12. The molecule has 16 heavy (non-hydrogen) atoms.